The summed E-state index contributed by atoms with van der Waals surface area (Å²) in [5, 5.41) is 2.87. The topological polar surface area (TPSA) is 43.4 Å². The van der Waals surface area contributed by atoms with E-state index < -0.39 is 11.7 Å². The van der Waals surface area contributed by atoms with E-state index >= 15 is 0 Å². The van der Waals surface area contributed by atoms with Crippen molar-refractivity contribution in [2.24, 2.45) is 0 Å². The second-order valence-corrected chi connectivity index (χ2v) is 5.43. The van der Waals surface area contributed by atoms with E-state index in [-0.39, 0.29) is 16.9 Å². The Morgan fingerprint density at radius 2 is 1.88 bits per heavy atom. The fourth-order valence-corrected chi connectivity index (χ4v) is 2.38. The molecule has 0 radical (unpaired) electrons. The van der Waals surface area contributed by atoms with Crippen molar-refractivity contribution >= 4 is 17.4 Å². The molecule has 0 fully saturated rings. The summed E-state index contributed by atoms with van der Waals surface area (Å²) in [6, 6.07) is 5.78. The molecule has 2 aromatic rings. The van der Waals surface area contributed by atoms with Crippen molar-refractivity contribution in [3.63, 3.8) is 0 Å². The monoisotopic (exact) mass is 360 g/mol. The third kappa shape index (κ3) is 4.03. The minimum absolute atomic E-state index is 0.112. The highest BCUT2D eigenvalue weighted by Gasteiger charge is 2.31. The van der Waals surface area contributed by atoms with Crippen molar-refractivity contribution in [3.8, 4) is 11.5 Å². The number of benzene rings is 1. The van der Waals surface area contributed by atoms with Crippen LogP contribution in [-0.2, 0) is 6.18 Å². The van der Waals surface area contributed by atoms with Crippen LogP contribution >= 0.6 is 11.6 Å². The van der Waals surface area contributed by atoms with Gasteiger partial charge in [0.2, 0.25) is 0 Å². The first-order valence-electron chi connectivity index (χ1n) is 6.97. The summed E-state index contributed by atoms with van der Waals surface area (Å²) in [7, 11) is 3.07. The maximum atomic E-state index is 12.7. The Hall–Kier alpha value is -2.15. The van der Waals surface area contributed by atoms with Crippen LogP contribution in [0, 0.1) is 0 Å². The van der Waals surface area contributed by atoms with Gasteiger partial charge in [-0.3, -0.25) is 0 Å². The van der Waals surface area contributed by atoms with Crippen molar-refractivity contribution in [2.75, 3.05) is 19.5 Å². The van der Waals surface area contributed by atoms with Crippen molar-refractivity contribution < 1.29 is 22.6 Å². The molecule has 1 atom stereocenters. The van der Waals surface area contributed by atoms with E-state index in [0.717, 1.165) is 17.8 Å². The SMILES string of the molecule is COc1ccc(OC)c(C(C)Nc2ncc(C(F)(F)F)cc2Cl)c1. The molecule has 1 aromatic heterocycles. The highest BCUT2D eigenvalue weighted by atomic mass is 35.5. The molecule has 0 aliphatic rings. The van der Waals surface area contributed by atoms with Gasteiger partial charge in [-0.15, -0.1) is 0 Å². The Labute approximate surface area is 142 Å². The van der Waals surface area contributed by atoms with Crippen LogP contribution in [0.15, 0.2) is 30.5 Å². The average Bonchev–Trinajstić information content (AvgIpc) is 2.54. The molecule has 1 aromatic carbocycles. The second kappa shape index (κ2) is 7.17. The predicted molar refractivity (Wildman–Crippen MR) is 85.8 cm³/mol. The number of alkyl halides is 3. The normalized spacial score (nSPS) is 12.6. The van der Waals surface area contributed by atoms with Gasteiger partial charge >= 0.3 is 6.18 Å². The second-order valence-electron chi connectivity index (χ2n) is 5.03. The number of nitrogens with one attached hydrogen (secondary N) is 1. The number of halogens is 4. The van der Waals surface area contributed by atoms with Gasteiger partial charge < -0.3 is 14.8 Å². The molecule has 1 unspecified atom stereocenters. The minimum atomic E-state index is -4.49. The van der Waals surface area contributed by atoms with E-state index in [2.05, 4.69) is 10.3 Å². The molecule has 0 amide bonds. The van der Waals surface area contributed by atoms with E-state index in [1.165, 1.54) is 14.2 Å². The fourth-order valence-electron chi connectivity index (χ4n) is 2.16. The highest BCUT2D eigenvalue weighted by molar-refractivity contribution is 6.33. The largest absolute Gasteiger partial charge is 0.497 e. The molecule has 8 heteroatoms. The highest BCUT2D eigenvalue weighted by Crippen LogP contribution is 2.35. The van der Waals surface area contributed by atoms with Crippen LogP contribution < -0.4 is 14.8 Å². The first kappa shape index (κ1) is 18.2. The van der Waals surface area contributed by atoms with Crippen LogP contribution in [0.1, 0.15) is 24.1 Å². The lowest BCUT2D eigenvalue weighted by atomic mass is 10.1. The standard InChI is InChI=1S/C16H16ClF3N2O2/c1-9(12-7-11(23-2)4-5-14(12)24-3)22-15-13(17)6-10(8-21-15)16(18,19)20/h4-9H,1-3H3,(H,21,22). The van der Waals surface area contributed by atoms with E-state index in [0.29, 0.717) is 11.5 Å². The fraction of sp³-hybridized carbons (Fsp3) is 0.312. The maximum Gasteiger partial charge on any atom is 0.417 e. The molecule has 2 rings (SSSR count). The average molecular weight is 361 g/mol. The quantitative estimate of drug-likeness (QED) is 0.819. The summed E-state index contributed by atoms with van der Waals surface area (Å²) in [6.07, 6.45) is -3.75. The zero-order valence-electron chi connectivity index (χ0n) is 13.2. The zero-order valence-corrected chi connectivity index (χ0v) is 14.0. The summed E-state index contributed by atoms with van der Waals surface area (Å²) in [4.78, 5) is 3.77. The van der Waals surface area contributed by atoms with Gasteiger partial charge in [0, 0.05) is 11.8 Å². The van der Waals surface area contributed by atoms with Crippen molar-refractivity contribution in [1.29, 1.82) is 0 Å². The van der Waals surface area contributed by atoms with Gasteiger partial charge in [-0.25, -0.2) is 4.98 Å². The van der Waals surface area contributed by atoms with Crippen molar-refractivity contribution in [1.82, 2.24) is 4.98 Å². The number of nitrogens with zero attached hydrogens (tertiary/aromatic N) is 1. The number of methoxy groups -OCH3 is 2. The van der Waals surface area contributed by atoms with Gasteiger partial charge in [0.05, 0.1) is 30.8 Å². The number of aromatic nitrogens is 1. The number of ether oxygens (including phenoxy) is 2. The minimum Gasteiger partial charge on any atom is -0.497 e. The smallest absolute Gasteiger partial charge is 0.417 e. The summed E-state index contributed by atoms with van der Waals surface area (Å²) >= 11 is 5.92. The van der Waals surface area contributed by atoms with Gasteiger partial charge in [-0.1, -0.05) is 11.6 Å². The third-order valence-electron chi connectivity index (χ3n) is 3.43. The summed E-state index contributed by atoms with van der Waals surface area (Å²) in [5.74, 6) is 1.40. The summed E-state index contributed by atoms with van der Waals surface area (Å²) < 4.78 is 48.5. The molecule has 0 bridgehead atoms. The molecule has 0 aliphatic heterocycles. The number of hydrogen-bond acceptors (Lipinski definition) is 4. The maximum absolute atomic E-state index is 12.7. The van der Waals surface area contributed by atoms with Crippen LogP contribution in [0.5, 0.6) is 11.5 Å². The molecule has 24 heavy (non-hydrogen) atoms. The Balaban J connectivity index is 2.28. The van der Waals surface area contributed by atoms with Crippen LogP contribution in [0.25, 0.3) is 0 Å². The molecule has 1 heterocycles. The number of rotatable bonds is 5. The van der Waals surface area contributed by atoms with Crippen LogP contribution in [0.4, 0.5) is 19.0 Å². The molecule has 0 spiro atoms. The van der Waals surface area contributed by atoms with Crippen LogP contribution in [0.3, 0.4) is 0 Å². The van der Waals surface area contributed by atoms with Crippen molar-refractivity contribution in [2.45, 2.75) is 19.1 Å². The first-order valence-corrected chi connectivity index (χ1v) is 7.35. The van der Waals surface area contributed by atoms with Crippen LogP contribution in [0.2, 0.25) is 5.02 Å². The van der Waals surface area contributed by atoms with E-state index in [4.69, 9.17) is 21.1 Å². The van der Waals surface area contributed by atoms with Gasteiger partial charge in [0.25, 0.3) is 0 Å². The van der Waals surface area contributed by atoms with Crippen molar-refractivity contribution in [3.05, 3.63) is 46.6 Å². The summed E-state index contributed by atoms with van der Waals surface area (Å²) in [5.41, 5.74) is -0.140. The zero-order chi connectivity index (χ0) is 17.9. The van der Waals surface area contributed by atoms with Gasteiger partial charge in [0.15, 0.2) is 0 Å². The molecule has 4 nitrogen and oxygen atoms in total. The third-order valence-corrected chi connectivity index (χ3v) is 3.71. The Bertz CT molecular complexity index is 723. The lowest BCUT2D eigenvalue weighted by Gasteiger charge is -2.19. The molecular formula is C16H16ClF3N2O2. The van der Waals surface area contributed by atoms with E-state index in [1.807, 2.05) is 6.92 Å². The van der Waals surface area contributed by atoms with Gasteiger partial charge in [-0.05, 0) is 31.2 Å². The molecule has 0 saturated carbocycles. The number of anilines is 1. The molecular weight excluding hydrogens is 345 g/mol. The molecule has 130 valence electrons. The van der Waals surface area contributed by atoms with Gasteiger partial charge in [0.1, 0.15) is 17.3 Å². The van der Waals surface area contributed by atoms with E-state index in [9.17, 15) is 13.2 Å². The van der Waals surface area contributed by atoms with Gasteiger partial charge in [-0.2, -0.15) is 13.2 Å². The number of pyridine rings is 1. The van der Waals surface area contributed by atoms with Crippen LogP contribution in [-0.4, -0.2) is 19.2 Å². The molecule has 0 saturated heterocycles. The summed E-state index contributed by atoms with van der Waals surface area (Å²) in [6.45, 7) is 1.81. The predicted octanol–water partition coefficient (Wildman–Crippen LogP) is 4.94. The van der Waals surface area contributed by atoms with E-state index in [1.54, 1.807) is 18.2 Å². The molecule has 0 aliphatic carbocycles. The lowest BCUT2D eigenvalue weighted by Crippen LogP contribution is -2.11. The Morgan fingerprint density at radius 1 is 1.17 bits per heavy atom. The lowest BCUT2D eigenvalue weighted by molar-refractivity contribution is -0.137. The molecule has 1 N–H and O–H groups in total. The Kier molecular flexibility index (Phi) is 5.43. The Morgan fingerprint density at radius 3 is 2.42 bits per heavy atom. The number of hydrogen-bond donors (Lipinski definition) is 1. The first-order chi connectivity index (χ1) is 11.3.